The van der Waals surface area contributed by atoms with Crippen molar-refractivity contribution >= 4 is 11.9 Å². The maximum atomic E-state index is 12.2. The third kappa shape index (κ3) is 1.86. The minimum atomic E-state index is -1.06. The standard InChI is InChI=1S/C9H14FNO3/c1-7(12)11-5-3-9(6-11,2-4-10)8(13)14/h2-6H2,1H3,(H,13,14). The first-order valence-electron chi connectivity index (χ1n) is 4.57. The first-order valence-corrected chi connectivity index (χ1v) is 4.57. The van der Waals surface area contributed by atoms with Crippen LogP contribution in [0.4, 0.5) is 4.39 Å². The van der Waals surface area contributed by atoms with Crippen LogP contribution in [0.15, 0.2) is 0 Å². The van der Waals surface area contributed by atoms with Crippen LogP contribution >= 0.6 is 0 Å². The summed E-state index contributed by atoms with van der Waals surface area (Å²) in [6, 6.07) is 0. The van der Waals surface area contributed by atoms with Crippen LogP contribution in [-0.2, 0) is 9.59 Å². The van der Waals surface area contributed by atoms with Crippen LogP contribution in [0.2, 0.25) is 0 Å². The monoisotopic (exact) mass is 203 g/mol. The average molecular weight is 203 g/mol. The van der Waals surface area contributed by atoms with Gasteiger partial charge in [0.25, 0.3) is 0 Å². The zero-order chi connectivity index (χ0) is 10.8. The molecule has 0 aromatic carbocycles. The summed E-state index contributed by atoms with van der Waals surface area (Å²) in [4.78, 5) is 23.4. The van der Waals surface area contributed by atoms with Crippen LogP contribution in [0.1, 0.15) is 19.8 Å². The molecule has 0 saturated carbocycles. The van der Waals surface area contributed by atoms with E-state index in [4.69, 9.17) is 5.11 Å². The van der Waals surface area contributed by atoms with Crippen molar-refractivity contribution in [3.63, 3.8) is 0 Å². The highest BCUT2D eigenvalue weighted by Gasteiger charge is 2.45. The number of alkyl halides is 1. The molecule has 1 unspecified atom stereocenters. The number of halogens is 1. The molecule has 1 rings (SSSR count). The van der Waals surface area contributed by atoms with Gasteiger partial charge in [0.1, 0.15) is 0 Å². The smallest absolute Gasteiger partial charge is 0.311 e. The highest BCUT2D eigenvalue weighted by atomic mass is 19.1. The zero-order valence-electron chi connectivity index (χ0n) is 8.12. The molecule has 1 aliphatic heterocycles. The Morgan fingerprint density at radius 2 is 2.21 bits per heavy atom. The maximum Gasteiger partial charge on any atom is 0.311 e. The molecule has 0 bridgehead atoms. The predicted molar refractivity (Wildman–Crippen MR) is 47.5 cm³/mol. The molecule has 1 amide bonds. The minimum absolute atomic E-state index is 0.00782. The maximum absolute atomic E-state index is 12.2. The number of amides is 1. The molecule has 4 nitrogen and oxygen atoms in total. The Morgan fingerprint density at radius 3 is 2.57 bits per heavy atom. The number of carboxylic acids is 1. The van der Waals surface area contributed by atoms with Gasteiger partial charge in [-0.05, 0) is 12.8 Å². The van der Waals surface area contributed by atoms with Crippen molar-refractivity contribution in [3.05, 3.63) is 0 Å². The third-order valence-corrected chi connectivity index (χ3v) is 2.83. The van der Waals surface area contributed by atoms with Crippen molar-refractivity contribution in [2.24, 2.45) is 5.41 Å². The molecule has 14 heavy (non-hydrogen) atoms. The lowest BCUT2D eigenvalue weighted by Crippen LogP contribution is -2.36. The summed E-state index contributed by atoms with van der Waals surface area (Å²) >= 11 is 0. The summed E-state index contributed by atoms with van der Waals surface area (Å²) in [6.45, 7) is 1.30. The topological polar surface area (TPSA) is 57.6 Å². The van der Waals surface area contributed by atoms with Gasteiger partial charge in [-0.3, -0.25) is 14.0 Å². The summed E-state index contributed by atoms with van der Waals surface area (Å²) < 4.78 is 12.2. The van der Waals surface area contributed by atoms with Gasteiger partial charge in [0.15, 0.2) is 0 Å². The molecular formula is C9H14FNO3. The van der Waals surface area contributed by atoms with Crippen LogP contribution in [0.3, 0.4) is 0 Å². The second-order valence-electron chi connectivity index (χ2n) is 3.72. The van der Waals surface area contributed by atoms with E-state index in [9.17, 15) is 14.0 Å². The first-order chi connectivity index (χ1) is 6.52. The molecule has 0 radical (unpaired) electrons. The van der Waals surface area contributed by atoms with Crippen LogP contribution in [0, 0.1) is 5.41 Å². The lowest BCUT2D eigenvalue weighted by atomic mass is 9.84. The van der Waals surface area contributed by atoms with Gasteiger partial charge in [-0.25, -0.2) is 0 Å². The van der Waals surface area contributed by atoms with E-state index in [-0.39, 0.29) is 18.9 Å². The summed E-state index contributed by atoms with van der Waals surface area (Å²) in [7, 11) is 0. The van der Waals surface area contributed by atoms with Crippen molar-refractivity contribution in [3.8, 4) is 0 Å². The zero-order valence-corrected chi connectivity index (χ0v) is 8.12. The normalized spacial score (nSPS) is 26.6. The summed E-state index contributed by atoms with van der Waals surface area (Å²) in [6.07, 6.45) is 0.345. The van der Waals surface area contributed by atoms with E-state index in [1.54, 1.807) is 0 Å². The van der Waals surface area contributed by atoms with Crippen LogP contribution in [0.5, 0.6) is 0 Å². The number of likely N-dealkylation sites (tertiary alicyclic amines) is 1. The first kappa shape index (κ1) is 10.9. The highest BCUT2D eigenvalue weighted by molar-refractivity contribution is 5.79. The fraction of sp³-hybridized carbons (Fsp3) is 0.778. The fourth-order valence-corrected chi connectivity index (χ4v) is 1.81. The number of rotatable bonds is 3. The fourth-order valence-electron chi connectivity index (χ4n) is 1.81. The van der Waals surface area contributed by atoms with Crippen molar-refractivity contribution < 1.29 is 19.1 Å². The van der Waals surface area contributed by atoms with Crippen molar-refractivity contribution in [2.45, 2.75) is 19.8 Å². The Bertz CT molecular complexity index is 256. The van der Waals surface area contributed by atoms with E-state index in [0.29, 0.717) is 13.0 Å². The van der Waals surface area contributed by atoms with Gasteiger partial charge < -0.3 is 10.0 Å². The molecule has 1 N–H and O–H groups in total. The number of hydrogen-bond acceptors (Lipinski definition) is 2. The van der Waals surface area contributed by atoms with Gasteiger partial charge >= 0.3 is 5.97 Å². The summed E-state index contributed by atoms with van der Waals surface area (Å²) in [5, 5.41) is 8.99. The van der Waals surface area contributed by atoms with E-state index in [2.05, 4.69) is 0 Å². The van der Waals surface area contributed by atoms with Crippen LogP contribution in [0.25, 0.3) is 0 Å². The summed E-state index contributed by atoms with van der Waals surface area (Å²) in [5.41, 5.74) is -1.06. The lowest BCUT2D eigenvalue weighted by Gasteiger charge is -2.22. The minimum Gasteiger partial charge on any atom is -0.481 e. The van der Waals surface area contributed by atoms with Crippen molar-refractivity contribution in [2.75, 3.05) is 19.8 Å². The Hall–Kier alpha value is -1.13. The SMILES string of the molecule is CC(=O)N1CCC(CCF)(C(=O)O)C1. The second kappa shape index (κ2) is 3.94. The molecule has 1 atom stereocenters. The molecule has 5 heteroatoms. The lowest BCUT2D eigenvalue weighted by molar-refractivity contribution is -0.149. The number of aliphatic carboxylic acids is 1. The predicted octanol–water partition coefficient (Wildman–Crippen LogP) is 0.669. The van der Waals surface area contributed by atoms with E-state index < -0.39 is 18.1 Å². The largest absolute Gasteiger partial charge is 0.481 e. The van der Waals surface area contributed by atoms with E-state index in [0.717, 1.165) is 0 Å². The molecule has 0 aromatic rings. The molecule has 0 aliphatic carbocycles. The molecule has 1 aliphatic rings. The Morgan fingerprint density at radius 1 is 1.57 bits per heavy atom. The van der Waals surface area contributed by atoms with Gasteiger partial charge in [0, 0.05) is 20.0 Å². The van der Waals surface area contributed by atoms with Gasteiger partial charge in [-0.15, -0.1) is 0 Å². The van der Waals surface area contributed by atoms with Crippen LogP contribution in [-0.4, -0.2) is 41.6 Å². The van der Waals surface area contributed by atoms with Gasteiger partial charge in [0.05, 0.1) is 12.1 Å². The molecule has 0 aromatic heterocycles. The van der Waals surface area contributed by atoms with Gasteiger partial charge in [-0.2, -0.15) is 0 Å². The average Bonchev–Trinajstić information content (AvgIpc) is 2.50. The van der Waals surface area contributed by atoms with E-state index in [1.165, 1.54) is 11.8 Å². The number of carboxylic acid groups (broad SMARTS) is 1. The van der Waals surface area contributed by atoms with Gasteiger partial charge in [0.2, 0.25) is 5.91 Å². The van der Waals surface area contributed by atoms with Crippen molar-refractivity contribution in [1.29, 1.82) is 0 Å². The Kier molecular flexibility index (Phi) is 3.08. The van der Waals surface area contributed by atoms with E-state index >= 15 is 0 Å². The molecule has 1 heterocycles. The Labute approximate surface area is 81.7 Å². The van der Waals surface area contributed by atoms with Crippen LogP contribution < -0.4 is 0 Å². The Balaban J connectivity index is 2.74. The number of carbonyl (C=O) groups excluding carboxylic acids is 1. The number of carbonyl (C=O) groups is 2. The molecule has 80 valence electrons. The number of nitrogens with zero attached hydrogens (tertiary/aromatic N) is 1. The summed E-state index contributed by atoms with van der Waals surface area (Å²) in [5.74, 6) is -1.15. The molecule has 1 saturated heterocycles. The molecule has 1 fully saturated rings. The second-order valence-corrected chi connectivity index (χ2v) is 3.72. The third-order valence-electron chi connectivity index (χ3n) is 2.83. The van der Waals surface area contributed by atoms with E-state index in [1.807, 2.05) is 0 Å². The molecule has 0 spiro atoms. The molecular weight excluding hydrogens is 189 g/mol. The van der Waals surface area contributed by atoms with Crippen molar-refractivity contribution in [1.82, 2.24) is 4.90 Å². The number of hydrogen-bond donors (Lipinski definition) is 1. The quantitative estimate of drug-likeness (QED) is 0.733. The highest BCUT2D eigenvalue weighted by Crippen LogP contribution is 2.34. The van der Waals surface area contributed by atoms with Gasteiger partial charge in [-0.1, -0.05) is 0 Å².